The van der Waals surface area contributed by atoms with Gasteiger partial charge in [0.2, 0.25) is 6.54 Å². The number of nitrogens with one attached hydrogen (secondary N) is 1. The molecule has 5 nitrogen and oxygen atoms in total. The second kappa shape index (κ2) is 8.55. The van der Waals surface area contributed by atoms with Crippen molar-refractivity contribution in [2.45, 2.75) is 12.5 Å². The smallest absolute Gasteiger partial charge is 0.214 e. The Morgan fingerprint density at radius 2 is 1.87 bits per heavy atom. The zero-order valence-corrected chi connectivity index (χ0v) is 16.6. The van der Waals surface area contributed by atoms with Crippen molar-refractivity contribution >= 4 is 22.5 Å². The summed E-state index contributed by atoms with van der Waals surface area (Å²) in [6, 6.07) is 19.1. The van der Waals surface area contributed by atoms with Crippen LogP contribution < -0.4 is 4.74 Å². The maximum absolute atomic E-state index is 13.8. The molecule has 0 spiro atoms. The number of hydrogen-bond acceptors (Lipinski definition) is 3. The van der Waals surface area contributed by atoms with Crippen molar-refractivity contribution in [1.29, 1.82) is 0 Å². The first-order valence-corrected chi connectivity index (χ1v) is 9.74. The molecule has 4 aromatic rings. The van der Waals surface area contributed by atoms with E-state index in [4.69, 9.17) is 16.3 Å². The minimum absolute atomic E-state index is 0.0342. The Hall–Kier alpha value is -3.38. The van der Waals surface area contributed by atoms with Crippen molar-refractivity contribution in [2.24, 2.45) is 0 Å². The van der Waals surface area contributed by atoms with Crippen molar-refractivity contribution < 1.29 is 14.1 Å². The molecule has 0 unspecified atom stereocenters. The number of H-pyrrole nitrogens is 1. The van der Waals surface area contributed by atoms with Crippen LogP contribution in [0.25, 0.3) is 10.9 Å². The molecule has 0 bridgehead atoms. The maximum atomic E-state index is 13.8. The lowest BCUT2D eigenvalue weighted by atomic mass is 9.91. The molecule has 30 heavy (non-hydrogen) atoms. The fourth-order valence-corrected chi connectivity index (χ4v) is 3.78. The molecule has 0 amide bonds. The molecule has 1 N–H and O–H groups in total. The second-order valence-electron chi connectivity index (χ2n) is 6.93. The van der Waals surface area contributed by atoms with Gasteiger partial charge < -0.3 is 9.72 Å². The third-order valence-corrected chi connectivity index (χ3v) is 5.32. The zero-order chi connectivity index (χ0) is 21.1. The predicted molar refractivity (Wildman–Crippen MR) is 114 cm³/mol. The molecule has 3 aromatic carbocycles. The lowest BCUT2D eigenvalue weighted by Crippen LogP contribution is -2.14. The van der Waals surface area contributed by atoms with E-state index in [9.17, 15) is 14.5 Å². The summed E-state index contributed by atoms with van der Waals surface area (Å²) in [6.45, 7) is -0.236. The van der Waals surface area contributed by atoms with Crippen LogP contribution in [0.3, 0.4) is 0 Å². The topological polar surface area (TPSA) is 68.2 Å². The Labute approximate surface area is 177 Å². The first kappa shape index (κ1) is 19.9. The third-order valence-electron chi connectivity index (χ3n) is 5.03. The average molecular weight is 425 g/mol. The van der Waals surface area contributed by atoms with Gasteiger partial charge >= 0.3 is 0 Å². The molecule has 0 saturated carbocycles. The van der Waals surface area contributed by atoms with Gasteiger partial charge in [-0.25, -0.2) is 4.39 Å². The number of halogens is 2. The molecule has 7 heteroatoms. The van der Waals surface area contributed by atoms with Crippen molar-refractivity contribution in [3.63, 3.8) is 0 Å². The molecule has 1 heterocycles. The van der Waals surface area contributed by atoms with Gasteiger partial charge in [-0.05, 0) is 35.4 Å². The van der Waals surface area contributed by atoms with Crippen molar-refractivity contribution in [3.8, 4) is 5.75 Å². The van der Waals surface area contributed by atoms with Crippen LogP contribution in [0, 0.1) is 15.9 Å². The van der Waals surface area contributed by atoms with E-state index in [1.54, 1.807) is 42.6 Å². The number of hydrogen-bond donors (Lipinski definition) is 1. The lowest BCUT2D eigenvalue weighted by Gasteiger charge is -2.15. The molecule has 0 aliphatic heterocycles. The molecule has 4 rings (SSSR count). The average Bonchev–Trinajstić information content (AvgIpc) is 3.16. The van der Waals surface area contributed by atoms with Crippen molar-refractivity contribution in [2.75, 3.05) is 6.54 Å². The van der Waals surface area contributed by atoms with E-state index < -0.39 is 5.92 Å². The van der Waals surface area contributed by atoms with Crippen LogP contribution in [-0.4, -0.2) is 16.5 Å². The van der Waals surface area contributed by atoms with Gasteiger partial charge in [-0.15, -0.1) is 0 Å². The number of aromatic nitrogens is 1. The van der Waals surface area contributed by atoms with Gasteiger partial charge in [0, 0.05) is 27.6 Å². The van der Waals surface area contributed by atoms with Gasteiger partial charge in [-0.3, -0.25) is 10.1 Å². The summed E-state index contributed by atoms with van der Waals surface area (Å²) < 4.78 is 19.5. The van der Waals surface area contributed by atoms with Gasteiger partial charge in [0.25, 0.3) is 0 Å². The van der Waals surface area contributed by atoms with E-state index in [1.165, 1.54) is 6.07 Å². The Kier molecular flexibility index (Phi) is 5.68. The van der Waals surface area contributed by atoms with E-state index in [0.29, 0.717) is 21.9 Å². The van der Waals surface area contributed by atoms with Gasteiger partial charge in [0.15, 0.2) is 0 Å². The lowest BCUT2D eigenvalue weighted by molar-refractivity contribution is -0.481. The minimum Gasteiger partial charge on any atom is -0.487 e. The van der Waals surface area contributed by atoms with Crippen LogP contribution in [0.15, 0.2) is 72.9 Å². The molecule has 0 fully saturated rings. The van der Waals surface area contributed by atoms with E-state index >= 15 is 0 Å². The fraction of sp³-hybridized carbons (Fsp3) is 0.130. The normalized spacial score (nSPS) is 12.1. The third kappa shape index (κ3) is 4.14. The number of para-hydroxylation sites is 1. The fourth-order valence-electron chi connectivity index (χ4n) is 3.54. The summed E-state index contributed by atoms with van der Waals surface area (Å²) in [4.78, 5) is 14.2. The highest BCUT2D eigenvalue weighted by molar-refractivity contribution is 6.32. The first-order valence-electron chi connectivity index (χ1n) is 9.36. The molecule has 152 valence electrons. The van der Waals surface area contributed by atoms with Crippen LogP contribution in [0.1, 0.15) is 22.6 Å². The molecule has 0 aliphatic carbocycles. The molecular formula is C23H18ClFN2O3. The Morgan fingerprint density at radius 1 is 1.10 bits per heavy atom. The van der Waals surface area contributed by atoms with Crippen molar-refractivity contribution in [3.05, 3.63) is 111 Å². The molecule has 0 saturated heterocycles. The molecule has 0 radical (unpaired) electrons. The van der Waals surface area contributed by atoms with Crippen LogP contribution in [-0.2, 0) is 6.61 Å². The Bertz CT molecular complexity index is 1210. The Morgan fingerprint density at radius 3 is 2.63 bits per heavy atom. The number of fused-ring (bicyclic) bond motifs is 1. The van der Waals surface area contributed by atoms with Gasteiger partial charge in [-0.1, -0.05) is 54.1 Å². The summed E-state index contributed by atoms with van der Waals surface area (Å²) in [5.74, 6) is -0.438. The largest absolute Gasteiger partial charge is 0.487 e. The molecular weight excluding hydrogens is 407 g/mol. The van der Waals surface area contributed by atoms with E-state index in [1.807, 2.05) is 24.3 Å². The highest BCUT2D eigenvalue weighted by Crippen LogP contribution is 2.35. The van der Waals surface area contributed by atoms with Crippen LogP contribution in [0.4, 0.5) is 4.39 Å². The minimum atomic E-state index is -0.478. The highest BCUT2D eigenvalue weighted by atomic mass is 35.5. The monoisotopic (exact) mass is 424 g/mol. The molecule has 0 aliphatic rings. The Balaban J connectivity index is 1.63. The quantitative estimate of drug-likeness (QED) is 0.294. The summed E-state index contributed by atoms with van der Waals surface area (Å²) >= 11 is 6.40. The van der Waals surface area contributed by atoms with E-state index in [-0.39, 0.29) is 23.9 Å². The zero-order valence-electron chi connectivity index (χ0n) is 15.8. The summed E-state index contributed by atoms with van der Waals surface area (Å²) in [6.07, 6.45) is 1.80. The number of ether oxygens (including phenoxy) is 1. The van der Waals surface area contributed by atoms with E-state index in [0.717, 1.165) is 16.5 Å². The number of nitrogens with zero attached hydrogens (tertiary/aromatic N) is 1. The van der Waals surface area contributed by atoms with Gasteiger partial charge in [0.1, 0.15) is 18.2 Å². The van der Waals surface area contributed by atoms with Crippen LogP contribution in [0.5, 0.6) is 5.75 Å². The van der Waals surface area contributed by atoms with Crippen LogP contribution in [0.2, 0.25) is 5.02 Å². The van der Waals surface area contributed by atoms with Gasteiger partial charge in [0.05, 0.1) is 10.9 Å². The second-order valence-corrected chi connectivity index (χ2v) is 7.33. The molecule has 1 aromatic heterocycles. The SMILES string of the molecule is O=[N+]([O-])C[C@H](c1ccc(OCc2ccccc2F)c(Cl)c1)c1c[nH]c2ccccc12. The summed E-state index contributed by atoms with van der Waals surface area (Å²) in [5, 5.41) is 12.6. The molecule has 1 atom stereocenters. The number of benzene rings is 3. The summed E-state index contributed by atoms with van der Waals surface area (Å²) in [5.41, 5.74) is 2.87. The van der Waals surface area contributed by atoms with E-state index in [2.05, 4.69) is 4.98 Å². The van der Waals surface area contributed by atoms with Crippen LogP contribution >= 0.6 is 11.6 Å². The maximum Gasteiger partial charge on any atom is 0.214 e. The first-order chi connectivity index (χ1) is 14.5. The number of nitro groups is 1. The number of rotatable bonds is 7. The number of aromatic amines is 1. The standard InChI is InChI=1S/C23H18ClFN2O3/c24-20-11-15(9-10-23(20)30-14-16-5-1-3-7-21(16)25)19(13-27(28)29)18-12-26-22-8-4-2-6-17(18)22/h1-12,19,26H,13-14H2/t19-/m1/s1. The highest BCUT2D eigenvalue weighted by Gasteiger charge is 2.24. The summed E-state index contributed by atoms with van der Waals surface area (Å²) in [7, 11) is 0. The van der Waals surface area contributed by atoms with Gasteiger partial charge in [-0.2, -0.15) is 0 Å². The van der Waals surface area contributed by atoms with Crippen molar-refractivity contribution in [1.82, 2.24) is 4.98 Å². The predicted octanol–water partition coefficient (Wildman–Crippen LogP) is 5.95.